The smallest absolute Gasteiger partial charge is 0.126 e. The Hall–Kier alpha value is -1.50. The van der Waals surface area contributed by atoms with Gasteiger partial charge in [-0.2, -0.15) is 0 Å². The summed E-state index contributed by atoms with van der Waals surface area (Å²) in [5.74, 6) is 1.05. The molecule has 2 rings (SSSR count). The van der Waals surface area contributed by atoms with Crippen molar-refractivity contribution in [2.24, 2.45) is 0 Å². The van der Waals surface area contributed by atoms with E-state index in [-0.39, 0.29) is 5.41 Å². The van der Waals surface area contributed by atoms with Crippen LogP contribution < -0.4 is 4.74 Å². The van der Waals surface area contributed by atoms with Gasteiger partial charge in [0.15, 0.2) is 0 Å². The van der Waals surface area contributed by atoms with Crippen molar-refractivity contribution >= 4 is 0 Å². The molecule has 0 amide bonds. The first-order chi connectivity index (χ1) is 8.52. The third-order valence-corrected chi connectivity index (χ3v) is 3.37. The molecule has 0 radical (unpaired) electrons. The fraction of sp³-hybridized carbons (Fsp3) is 0.412. The molecule has 0 saturated heterocycles. The Balaban J connectivity index is 2.35. The number of methoxy groups -OCH3 is 1. The van der Waals surface area contributed by atoms with E-state index < -0.39 is 0 Å². The predicted octanol–water partition coefficient (Wildman–Crippen LogP) is 4.42. The second-order valence-electron chi connectivity index (χ2n) is 5.88. The minimum atomic E-state index is 0.115. The lowest BCUT2D eigenvalue weighted by molar-refractivity contribution is 0.393. The molecule has 0 N–H and O–H groups in total. The Morgan fingerprint density at radius 2 is 2.00 bits per heavy atom. The van der Waals surface area contributed by atoms with Gasteiger partial charge in [-0.15, -0.1) is 0 Å². The number of hydrogen-bond donors (Lipinski definition) is 0. The molecule has 0 bridgehead atoms. The molecule has 1 aromatic rings. The van der Waals surface area contributed by atoms with Crippen molar-refractivity contribution in [1.29, 1.82) is 0 Å². The number of rotatable bonds is 3. The van der Waals surface area contributed by atoms with E-state index in [9.17, 15) is 0 Å². The summed E-state index contributed by atoms with van der Waals surface area (Å²) in [5.41, 5.74) is 4.15. The van der Waals surface area contributed by atoms with Gasteiger partial charge in [0.2, 0.25) is 0 Å². The van der Waals surface area contributed by atoms with Gasteiger partial charge in [-0.3, -0.25) is 0 Å². The van der Waals surface area contributed by atoms with Crippen LogP contribution >= 0.6 is 0 Å². The van der Waals surface area contributed by atoms with Crippen LogP contribution in [0, 0.1) is 0 Å². The average molecular weight is 242 g/mol. The third-order valence-electron chi connectivity index (χ3n) is 3.37. The number of allylic oxidation sites excluding steroid dienone is 4. The van der Waals surface area contributed by atoms with Crippen molar-refractivity contribution in [2.45, 2.75) is 39.0 Å². The van der Waals surface area contributed by atoms with Crippen LogP contribution in [0.4, 0.5) is 0 Å². The number of hydrogen-bond acceptors (Lipinski definition) is 1. The molecule has 18 heavy (non-hydrogen) atoms. The minimum Gasteiger partial charge on any atom is -0.496 e. The molecule has 0 heterocycles. The van der Waals surface area contributed by atoms with Crippen LogP contribution in [0.1, 0.15) is 38.3 Å². The van der Waals surface area contributed by atoms with Crippen molar-refractivity contribution in [3.05, 3.63) is 53.1 Å². The van der Waals surface area contributed by atoms with E-state index in [1.807, 2.05) is 0 Å². The summed E-state index contributed by atoms with van der Waals surface area (Å²) in [6.07, 6.45) is 8.61. The van der Waals surface area contributed by atoms with Crippen LogP contribution in [-0.4, -0.2) is 7.11 Å². The largest absolute Gasteiger partial charge is 0.496 e. The lowest BCUT2D eigenvalue weighted by atomic mass is 9.84. The molecule has 1 nitrogen and oxygen atoms in total. The van der Waals surface area contributed by atoms with Gasteiger partial charge in [-0.05, 0) is 29.4 Å². The molecule has 0 aliphatic heterocycles. The molecule has 0 unspecified atom stereocenters. The molecule has 1 aromatic carbocycles. The summed E-state index contributed by atoms with van der Waals surface area (Å²) in [6, 6.07) is 6.48. The zero-order chi connectivity index (χ0) is 13.2. The van der Waals surface area contributed by atoms with Crippen LogP contribution in [-0.2, 0) is 11.8 Å². The van der Waals surface area contributed by atoms with Gasteiger partial charge in [-0.1, -0.05) is 62.8 Å². The number of benzene rings is 1. The van der Waals surface area contributed by atoms with Crippen LogP contribution in [0.3, 0.4) is 0 Å². The van der Waals surface area contributed by atoms with E-state index in [1.165, 1.54) is 16.7 Å². The molecule has 1 aliphatic carbocycles. The molecular formula is C17H22O. The quantitative estimate of drug-likeness (QED) is 0.762. The maximum absolute atomic E-state index is 5.67. The Labute approximate surface area is 110 Å². The highest BCUT2D eigenvalue weighted by atomic mass is 16.5. The minimum absolute atomic E-state index is 0.115. The van der Waals surface area contributed by atoms with Gasteiger partial charge in [0, 0.05) is 0 Å². The van der Waals surface area contributed by atoms with Crippen LogP contribution in [0.5, 0.6) is 5.75 Å². The third kappa shape index (κ3) is 2.66. The highest BCUT2D eigenvalue weighted by Gasteiger charge is 2.21. The van der Waals surface area contributed by atoms with Crippen molar-refractivity contribution in [1.82, 2.24) is 0 Å². The van der Waals surface area contributed by atoms with E-state index in [1.54, 1.807) is 7.11 Å². The maximum Gasteiger partial charge on any atom is 0.126 e. The maximum atomic E-state index is 5.67. The molecule has 0 atom stereocenters. The van der Waals surface area contributed by atoms with Crippen LogP contribution in [0.2, 0.25) is 0 Å². The summed E-state index contributed by atoms with van der Waals surface area (Å²) >= 11 is 0. The van der Waals surface area contributed by atoms with Gasteiger partial charge in [0.25, 0.3) is 0 Å². The molecule has 0 spiro atoms. The predicted molar refractivity (Wildman–Crippen MR) is 77.2 cm³/mol. The highest BCUT2D eigenvalue weighted by molar-refractivity contribution is 5.47. The van der Waals surface area contributed by atoms with Gasteiger partial charge < -0.3 is 4.74 Å². The number of ether oxygens (including phenoxy) is 1. The summed E-state index contributed by atoms with van der Waals surface area (Å²) in [5, 5.41) is 0. The van der Waals surface area contributed by atoms with E-state index in [4.69, 9.17) is 4.74 Å². The van der Waals surface area contributed by atoms with Gasteiger partial charge in [0.05, 0.1) is 7.11 Å². The standard InChI is InChI=1S/C17H22O/c1-17(2,3)15-11-7-10-14(16(15)18-4)12-13-8-5-6-9-13/h5-8,10-11H,9,12H2,1-4H3. The van der Waals surface area contributed by atoms with E-state index in [0.717, 1.165) is 18.6 Å². The lowest BCUT2D eigenvalue weighted by Crippen LogP contribution is -2.14. The van der Waals surface area contributed by atoms with E-state index >= 15 is 0 Å². The number of para-hydroxylation sites is 1. The second-order valence-corrected chi connectivity index (χ2v) is 5.88. The fourth-order valence-electron chi connectivity index (χ4n) is 2.42. The van der Waals surface area contributed by atoms with E-state index in [2.05, 4.69) is 57.2 Å². The van der Waals surface area contributed by atoms with E-state index in [0.29, 0.717) is 0 Å². The Morgan fingerprint density at radius 1 is 1.22 bits per heavy atom. The summed E-state index contributed by atoms with van der Waals surface area (Å²) in [7, 11) is 1.77. The first kappa shape index (κ1) is 12.9. The zero-order valence-electron chi connectivity index (χ0n) is 11.8. The van der Waals surface area contributed by atoms with Crippen molar-refractivity contribution in [3.8, 4) is 5.75 Å². The first-order valence-corrected chi connectivity index (χ1v) is 6.53. The molecule has 1 aliphatic rings. The zero-order valence-corrected chi connectivity index (χ0v) is 11.8. The Kier molecular flexibility index (Phi) is 3.60. The van der Waals surface area contributed by atoms with Crippen molar-refractivity contribution < 1.29 is 4.74 Å². The topological polar surface area (TPSA) is 9.23 Å². The second kappa shape index (κ2) is 5.01. The highest BCUT2D eigenvalue weighted by Crippen LogP contribution is 2.35. The molecule has 96 valence electrons. The molecule has 0 saturated carbocycles. The normalized spacial score (nSPS) is 14.8. The molecule has 1 heteroatoms. The Morgan fingerprint density at radius 3 is 2.56 bits per heavy atom. The van der Waals surface area contributed by atoms with Crippen molar-refractivity contribution in [3.63, 3.8) is 0 Å². The average Bonchev–Trinajstić information content (AvgIpc) is 2.80. The van der Waals surface area contributed by atoms with Crippen molar-refractivity contribution in [2.75, 3.05) is 7.11 Å². The summed E-state index contributed by atoms with van der Waals surface area (Å²) < 4.78 is 5.67. The summed E-state index contributed by atoms with van der Waals surface area (Å²) in [6.45, 7) is 6.68. The monoisotopic (exact) mass is 242 g/mol. The van der Waals surface area contributed by atoms with Crippen LogP contribution in [0.15, 0.2) is 42.0 Å². The first-order valence-electron chi connectivity index (χ1n) is 6.53. The fourth-order valence-corrected chi connectivity index (χ4v) is 2.42. The van der Waals surface area contributed by atoms with Crippen LogP contribution in [0.25, 0.3) is 0 Å². The van der Waals surface area contributed by atoms with Gasteiger partial charge in [-0.25, -0.2) is 0 Å². The molecule has 0 fully saturated rings. The lowest BCUT2D eigenvalue weighted by Gasteiger charge is -2.24. The van der Waals surface area contributed by atoms with Gasteiger partial charge in [0.1, 0.15) is 5.75 Å². The molecule has 0 aromatic heterocycles. The summed E-state index contributed by atoms with van der Waals surface area (Å²) in [4.78, 5) is 0. The van der Waals surface area contributed by atoms with Gasteiger partial charge >= 0.3 is 0 Å². The molecular weight excluding hydrogens is 220 g/mol. The Bertz CT molecular complexity index is 487. The SMILES string of the molecule is COc1c(CC2=CC=CC2)cccc1C(C)(C)C.